The molecule has 3 amide bonds. The number of urea groups is 1. The number of hydrogen-bond donors (Lipinski definition) is 6. The van der Waals surface area contributed by atoms with Gasteiger partial charge < -0.3 is 26.3 Å². The largest absolute Gasteiger partial charge is 0.481 e. The average Bonchev–Trinajstić information content (AvgIpc) is 2.75. The molecule has 0 heterocycles. The quantitative estimate of drug-likeness (QED) is 0.0888. The monoisotopic (exact) mass is 461 g/mol. The first kappa shape index (κ1) is 29.1. The van der Waals surface area contributed by atoms with E-state index in [0.29, 0.717) is 25.9 Å². The van der Waals surface area contributed by atoms with Crippen molar-refractivity contribution in [3.8, 4) is 0 Å². The van der Waals surface area contributed by atoms with Crippen molar-refractivity contribution in [1.29, 1.82) is 0 Å². The lowest BCUT2D eigenvalue weighted by atomic mass is 10.0. The molecule has 11 heteroatoms. The number of carboxylic acids is 1. The summed E-state index contributed by atoms with van der Waals surface area (Å²) in [6.07, 6.45) is 5.69. The van der Waals surface area contributed by atoms with Crippen LogP contribution in [0.5, 0.6) is 0 Å². The van der Waals surface area contributed by atoms with Crippen LogP contribution in [0, 0.1) is 5.92 Å². The van der Waals surface area contributed by atoms with E-state index in [4.69, 9.17) is 10.8 Å². The highest BCUT2D eigenvalue weighted by molar-refractivity contribution is 7.99. The molecule has 0 rings (SSSR count). The molecule has 0 aliphatic rings. The van der Waals surface area contributed by atoms with E-state index in [2.05, 4.69) is 28.4 Å². The molecule has 1 unspecified atom stereocenters. The van der Waals surface area contributed by atoms with Gasteiger partial charge in [-0.2, -0.15) is 11.8 Å². The van der Waals surface area contributed by atoms with E-state index >= 15 is 0 Å². The molecule has 0 fully saturated rings. The molecule has 0 aromatic heterocycles. The van der Waals surface area contributed by atoms with Crippen LogP contribution < -0.4 is 27.2 Å². The van der Waals surface area contributed by atoms with Crippen molar-refractivity contribution in [2.75, 3.05) is 31.1 Å². The minimum Gasteiger partial charge on any atom is -0.481 e. The van der Waals surface area contributed by atoms with Crippen molar-refractivity contribution in [3.05, 3.63) is 0 Å². The summed E-state index contributed by atoms with van der Waals surface area (Å²) < 4.78 is 0. The van der Waals surface area contributed by atoms with Gasteiger partial charge in [-0.15, -0.1) is 0 Å². The Morgan fingerprint density at radius 3 is 2.35 bits per heavy atom. The van der Waals surface area contributed by atoms with Crippen LogP contribution in [0.2, 0.25) is 0 Å². The molecule has 180 valence electrons. The maximum Gasteiger partial charge on any atom is 0.329 e. The molecular formula is C20H39N5O5S. The first-order chi connectivity index (χ1) is 14.9. The fourth-order valence-electron chi connectivity index (χ4n) is 2.73. The molecule has 0 saturated carbocycles. The van der Waals surface area contributed by atoms with E-state index in [1.807, 2.05) is 0 Å². The Kier molecular flexibility index (Phi) is 18.9. The van der Waals surface area contributed by atoms with E-state index in [1.165, 1.54) is 0 Å². The van der Waals surface area contributed by atoms with Crippen LogP contribution in [0.1, 0.15) is 58.3 Å². The zero-order chi connectivity index (χ0) is 23.3. The number of aliphatic carboxylic acids is 1. The zero-order valence-electron chi connectivity index (χ0n) is 18.5. The predicted octanol–water partition coefficient (Wildman–Crippen LogP) is 1.01. The standard InChI is InChI=1S/C20H39N5O5S/c1-2-31-15-16(8-4-5-11-21)19(29)22-12-6-3-7-13-23-20(30)25-24-17(14-26)9-10-18(27)28/h14,16-17,24H,2-13,15,21H2,1H3,(H,22,29)(H,27,28)(H2,23,25,30)/t16?,17-/m0/s1. The Labute approximate surface area is 189 Å². The third-order valence-electron chi connectivity index (χ3n) is 4.54. The van der Waals surface area contributed by atoms with Gasteiger partial charge in [-0.3, -0.25) is 15.0 Å². The van der Waals surface area contributed by atoms with Gasteiger partial charge in [0.2, 0.25) is 5.91 Å². The number of unbranched alkanes of at least 4 members (excludes halogenated alkanes) is 3. The van der Waals surface area contributed by atoms with Gasteiger partial charge in [-0.25, -0.2) is 10.2 Å². The number of carboxylic acid groups (broad SMARTS) is 1. The average molecular weight is 462 g/mol. The van der Waals surface area contributed by atoms with Gasteiger partial charge in [-0.05, 0) is 50.8 Å². The Morgan fingerprint density at radius 1 is 1.03 bits per heavy atom. The lowest BCUT2D eigenvalue weighted by Crippen LogP contribution is -2.49. The van der Waals surface area contributed by atoms with Crippen molar-refractivity contribution in [2.45, 2.75) is 64.3 Å². The zero-order valence-corrected chi connectivity index (χ0v) is 19.3. The maximum atomic E-state index is 12.4. The first-order valence-electron chi connectivity index (χ1n) is 11.0. The minimum atomic E-state index is -1.00. The molecule has 0 radical (unpaired) electrons. The Balaban J connectivity index is 3.85. The number of aldehydes is 1. The molecule has 31 heavy (non-hydrogen) atoms. The number of hydrogen-bond acceptors (Lipinski definition) is 7. The number of amides is 3. The van der Waals surface area contributed by atoms with Crippen LogP contribution in [0.25, 0.3) is 0 Å². The van der Waals surface area contributed by atoms with Crippen LogP contribution >= 0.6 is 11.8 Å². The summed E-state index contributed by atoms with van der Waals surface area (Å²) in [6.45, 7) is 3.81. The van der Waals surface area contributed by atoms with Crippen molar-refractivity contribution in [2.24, 2.45) is 11.7 Å². The highest BCUT2D eigenvalue weighted by atomic mass is 32.2. The molecule has 10 nitrogen and oxygen atoms in total. The normalized spacial score (nSPS) is 12.6. The fraction of sp³-hybridized carbons (Fsp3) is 0.800. The highest BCUT2D eigenvalue weighted by Crippen LogP contribution is 2.15. The second kappa shape index (κ2) is 20.1. The predicted molar refractivity (Wildman–Crippen MR) is 123 cm³/mol. The van der Waals surface area contributed by atoms with Crippen molar-refractivity contribution in [1.82, 2.24) is 21.5 Å². The Hall–Kier alpha value is -1.85. The first-order valence-corrected chi connectivity index (χ1v) is 12.1. The lowest BCUT2D eigenvalue weighted by Gasteiger charge is -2.16. The number of nitrogens with one attached hydrogen (secondary N) is 4. The molecule has 2 atom stereocenters. The molecule has 7 N–H and O–H groups in total. The summed E-state index contributed by atoms with van der Waals surface area (Å²) in [6, 6.07) is -1.23. The molecule has 0 spiro atoms. The summed E-state index contributed by atoms with van der Waals surface area (Å²) >= 11 is 1.78. The molecule has 0 aliphatic carbocycles. The Morgan fingerprint density at radius 2 is 1.74 bits per heavy atom. The third-order valence-corrected chi connectivity index (χ3v) is 5.59. The van der Waals surface area contributed by atoms with Crippen molar-refractivity contribution < 1.29 is 24.3 Å². The van der Waals surface area contributed by atoms with Gasteiger partial charge in [0.25, 0.3) is 0 Å². The summed E-state index contributed by atoms with van der Waals surface area (Å²) in [5.74, 6) is 0.960. The van der Waals surface area contributed by atoms with Gasteiger partial charge in [-0.1, -0.05) is 13.3 Å². The maximum absolute atomic E-state index is 12.4. The van der Waals surface area contributed by atoms with Crippen molar-refractivity contribution in [3.63, 3.8) is 0 Å². The van der Waals surface area contributed by atoms with E-state index < -0.39 is 18.0 Å². The molecule has 0 bridgehead atoms. The third kappa shape index (κ3) is 17.5. The highest BCUT2D eigenvalue weighted by Gasteiger charge is 2.17. The smallest absolute Gasteiger partial charge is 0.329 e. The summed E-state index contributed by atoms with van der Waals surface area (Å²) in [7, 11) is 0. The second-order valence-electron chi connectivity index (χ2n) is 7.19. The van der Waals surface area contributed by atoms with Crippen molar-refractivity contribution >= 4 is 36.0 Å². The SMILES string of the molecule is CCSCC(CCCCN)C(=O)NCCCCCNC(=O)NN[C@H](C=O)CCC(=O)O. The van der Waals surface area contributed by atoms with Crippen LogP contribution in [0.4, 0.5) is 4.79 Å². The number of nitrogens with two attached hydrogens (primary N) is 1. The van der Waals surface area contributed by atoms with E-state index in [9.17, 15) is 19.2 Å². The topological polar surface area (TPSA) is 163 Å². The number of thioether (sulfide) groups is 1. The number of carbonyl (C=O) groups excluding carboxylic acids is 3. The number of carbonyl (C=O) groups is 4. The minimum absolute atomic E-state index is 0.0278. The van der Waals surface area contributed by atoms with Gasteiger partial charge in [0, 0.05) is 31.2 Å². The van der Waals surface area contributed by atoms with Gasteiger partial charge in [0.1, 0.15) is 6.29 Å². The van der Waals surface area contributed by atoms with Crippen LogP contribution in [-0.2, 0) is 14.4 Å². The molecule has 0 aliphatic heterocycles. The summed E-state index contributed by atoms with van der Waals surface area (Å²) in [5.41, 5.74) is 10.4. The van der Waals surface area contributed by atoms with Crippen LogP contribution in [0.15, 0.2) is 0 Å². The van der Waals surface area contributed by atoms with Crippen LogP contribution in [0.3, 0.4) is 0 Å². The van der Waals surface area contributed by atoms with Crippen LogP contribution in [-0.4, -0.2) is 66.5 Å². The van der Waals surface area contributed by atoms with E-state index in [0.717, 1.165) is 50.0 Å². The summed E-state index contributed by atoms with van der Waals surface area (Å²) in [4.78, 5) is 45.4. The number of hydrazine groups is 1. The Bertz CT molecular complexity index is 524. The molecule has 0 aromatic rings. The fourth-order valence-corrected chi connectivity index (χ4v) is 3.56. The molecule has 0 saturated heterocycles. The van der Waals surface area contributed by atoms with Gasteiger partial charge in [0.05, 0.1) is 6.04 Å². The lowest BCUT2D eigenvalue weighted by molar-refractivity contribution is -0.137. The van der Waals surface area contributed by atoms with E-state index in [-0.39, 0.29) is 24.7 Å². The molecule has 0 aromatic carbocycles. The van der Waals surface area contributed by atoms with Gasteiger partial charge in [0.15, 0.2) is 0 Å². The molecular weight excluding hydrogens is 422 g/mol. The second-order valence-corrected chi connectivity index (χ2v) is 8.51. The summed E-state index contributed by atoms with van der Waals surface area (Å²) in [5, 5.41) is 14.3. The van der Waals surface area contributed by atoms with E-state index in [1.54, 1.807) is 11.8 Å². The number of rotatable bonds is 20. The van der Waals surface area contributed by atoms with Gasteiger partial charge >= 0.3 is 12.0 Å².